The van der Waals surface area contributed by atoms with Crippen LogP contribution in [0, 0.1) is 0 Å². The van der Waals surface area contributed by atoms with Gasteiger partial charge in [0, 0.05) is 13.1 Å². The smallest absolute Gasteiger partial charge is 0.370 e. The summed E-state index contributed by atoms with van der Waals surface area (Å²) in [6, 6.07) is 5.36. The van der Waals surface area contributed by atoms with Gasteiger partial charge in [0.2, 0.25) is 0 Å². The maximum absolute atomic E-state index is 11.8. The van der Waals surface area contributed by atoms with Crippen LogP contribution in [0.5, 0.6) is 0 Å². The van der Waals surface area contributed by atoms with Crippen LogP contribution >= 0.6 is 0 Å². The van der Waals surface area contributed by atoms with Crippen molar-refractivity contribution in [1.82, 2.24) is 4.98 Å². The molecular weight excluding hydrogens is 247 g/mol. The molecule has 0 amide bonds. The molecule has 1 aromatic rings. The number of hydrogen-bond donors (Lipinski definition) is 2. The fourth-order valence-corrected chi connectivity index (χ4v) is 1.25. The van der Waals surface area contributed by atoms with Crippen LogP contribution in [-0.2, 0) is 4.74 Å². The van der Waals surface area contributed by atoms with Crippen molar-refractivity contribution in [2.24, 2.45) is 0 Å². The fraction of sp³-hybridized carbons (Fsp3) is 0.545. The third kappa shape index (κ3) is 6.29. The van der Waals surface area contributed by atoms with Crippen molar-refractivity contribution in [3.8, 4) is 0 Å². The minimum atomic E-state index is -4.27. The molecule has 0 aromatic carbocycles. The Balaban J connectivity index is 2.24. The Kier molecular flexibility index (Phi) is 5.70. The fourth-order valence-electron chi connectivity index (χ4n) is 1.25. The van der Waals surface area contributed by atoms with Crippen molar-refractivity contribution in [1.29, 1.82) is 0 Å². The van der Waals surface area contributed by atoms with Gasteiger partial charge < -0.3 is 15.4 Å². The van der Waals surface area contributed by atoms with Crippen molar-refractivity contribution >= 4 is 11.6 Å². The van der Waals surface area contributed by atoms with Crippen molar-refractivity contribution in [3.05, 3.63) is 18.2 Å². The Morgan fingerprint density at radius 2 is 1.89 bits per heavy atom. The summed E-state index contributed by atoms with van der Waals surface area (Å²) in [5, 5.41) is 5.92. The summed E-state index contributed by atoms with van der Waals surface area (Å²) in [5.41, 5.74) is 0. The minimum Gasteiger partial charge on any atom is -0.370 e. The molecule has 0 spiro atoms. The van der Waals surface area contributed by atoms with Crippen LogP contribution in [-0.4, -0.2) is 37.5 Å². The summed E-state index contributed by atoms with van der Waals surface area (Å²) >= 11 is 0. The molecule has 1 rings (SSSR count). The third-order valence-corrected chi connectivity index (χ3v) is 1.93. The highest BCUT2D eigenvalue weighted by molar-refractivity contribution is 5.44. The number of alkyl halides is 3. The van der Waals surface area contributed by atoms with E-state index < -0.39 is 12.8 Å². The second-order valence-corrected chi connectivity index (χ2v) is 3.53. The summed E-state index contributed by atoms with van der Waals surface area (Å²) in [7, 11) is 0. The second-order valence-electron chi connectivity index (χ2n) is 3.53. The van der Waals surface area contributed by atoms with Crippen molar-refractivity contribution < 1.29 is 17.9 Å². The maximum Gasteiger partial charge on any atom is 0.411 e. The van der Waals surface area contributed by atoms with E-state index in [2.05, 4.69) is 20.4 Å². The first-order chi connectivity index (χ1) is 8.51. The van der Waals surface area contributed by atoms with Crippen molar-refractivity contribution in [2.45, 2.75) is 13.1 Å². The lowest BCUT2D eigenvalue weighted by molar-refractivity contribution is -0.172. The molecule has 0 aliphatic carbocycles. The van der Waals surface area contributed by atoms with Crippen LogP contribution in [0.2, 0.25) is 0 Å². The average molecular weight is 263 g/mol. The molecule has 0 aliphatic rings. The molecule has 0 fully saturated rings. The van der Waals surface area contributed by atoms with Crippen LogP contribution in [0.25, 0.3) is 0 Å². The average Bonchev–Trinajstić information content (AvgIpc) is 2.28. The number of pyridine rings is 1. The Morgan fingerprint density at radius 1 is 1.22 bits per heavy atom. The SMILES string of the molecule is CCNc1cccc(NCCOCC(F)(F)F)n1. The third-order valence-electron chi connectivity index (χ3n) is 1.93. The first-order valence-corrected chi connectivity index (χ1v) is 5.60. The van der Waals surface area contributed by atoms with E-state index in [9.17, 15) is 13.2 Å². The van der Waals surface area contributed by atoms with Gasteiger partial charge >= 0.3 is 6.18 Å². The van der Waals surface area contributed by atoms with Gasteiger partial charge in [0.1, 0.15) is 18.2 Å². The number of nitrogens with one attached hydrogen (secondary N) is 2. The molecule has 0 aliphatic heterocycles. The maximum atomic E-state index is 11.8. The van der Waals surface area contributed by atoms with Crippen LogP contribution < -0.4 is 10.6 Å². The summed E-state index contributed by atoms with van der Waals surface area (Å²) < 4.78 is 39.8. The lowest BCUT2D eigenvalue weighted by Crippen LogP contribution is -2.20. The molecule has 4 nitrogen and oxygen atoms in total. The number of nitrogens with zero attached hydrogens (tertiary/aromatic N) is 1. The van der Waals surface area contributed by atoms with Gasteiger partial charge in [0.25, 0.3) is 0 Å². The zero-order valence-corrected chi connectivity index (χ0v) is 10.0. The van der Waals surface area contributed by atoms with Gasteiger partial charge in [-0.1, -0.05) is 6.07 Å². The Morgan fingerprint density at radius 3 is 2.50 bits per heavy atom. The molecule has 0 radical (unpaired) electrons. The van der Waals surface area contributed by atoms with Crippen molar-refractivity contribution in [2.75, 3.05) is 36.9 Å². The predicted octanol–water partition coefficient (Wildman–Crippen LogP) is 2.50. The van der Waals surface area contributed by atoms with Crippen molar-refractivity contribution in [3.63, 3.8) is 0 Å². The van der Waals surface area contributed by atoms with Gasteiger partial charge in [-0.2, -0.15) is 13.2 Å². The van der Waals surface area contributed by atoms with E-state index in [4.69, 9.17) is 0 Å². The van der Waals surface area contributed by atoms with E-state index in [1.165, 1.54) is 0 Å². The van der Waals surface area contributed by atoms with Crippen LogP contribution in [0.1, 0.15) is 6.92 Å². The molecule has 0 unspecified atom stereocenters. The summed E-state index contributed by atoms with van der Waals surface area (Å²) in [6.45, 7) is 1.74. The van der Waals surface area contributed by atoms with E-state index in [1.54, 1.807) is 6.07 Å². The van der Waals surface area contributed by atoms with E-state index in [1.807, 2.05) is 19.1 Å². The van der Waals surface area contributed by atoms with E-state index in [-0.39, 0.29) is 13.2 Å². The number of ether oxygens (including phenoxy) is 1. The monoisotopic (exact) mass is 263 g/mol. The first kappa shape index (κ1) is 14.6. The molecule has 0 atom stereocenters. The lowest BCUT2D eigenvalue weighted by Gasteiger charge is -2.09. The molecule has 102 valence electrons. The van der Waals surface area contributed by atoms with E-state index >= 15 is 0 Å². The van der Waals surface area contributed by atoms with Gasteiger partial charge in [-0.25, -0.2) is 4.98 Å². The standard InChI is InChI=1S/C11H16F3N3O/c1-2-15-9-4-3-5-10(17-9)16-6-7-18-8-11(12,13)14/h3-5H,2,6-8H2,1H3,(H2,15,16,17). The van der Waals surface area contributed by atoms with Gasteiger partial charge in [0.05, 0.1) is 6.61 Å². The number of rotatable bonds is 7. The summed E-state index contributed by atoms with van der Waals surface area (Å²) in [6.07, 6.45) is -4.27. The molecule has 1 aromatic heterocycles. The number of hydrogen-bond acceptors (Lipinski definition) is 4. The summed E-state index contributed by atoms with van der Waals surface area (Å²) in [4.78, 5) is 4.21. The lowest BCUT2D eigenvalue weighted by atomic mass is 10.4. The van der Waals surface area contributed by atoms with Gasteiger partial charge in [-0.3, -0.25) is 0 Å². The van der Waals surface area contributed by atoms with E-state index in [0.717, 1.165) is 12.4 Å². The predicted molar refractivity (Wildman–Crippen MR) is 63.8 cm³/mol. The Bertz CT molecular complexity index is 358. The molecule has 0 bridgehead atoms. The minimum absolute atomic E-state index is 0.0212. The second kappa shape index (κ2) is 7.05. The topological polar surface area (TPSA) is 46.2 Å². The number of halogens is 3. The van der Waals surface area contributed by atoms with Crippen LogP contribution in [0.15, 0.2) is 18.2 Å². The summed E-state index contributed by atoms with van der Waals surface area (Å²) in [5.74, 6) is 1.32. The highest BCUT2D eigenvalue weighted by Gasteiger charge is 2.27. The highest BCUT2D eigenvalue weighted by atomic mass is 19.4. The largest absolute Gasteiger partial charge is 0.411 e. The number of anilines is 2. The molecule has 2 N–H and O–H groups in total. The van der Waals surface area contributed by atoms with Crippen LogP contribution in [0.3, 0.4) is 0 Å². The zero-order valence-electron chi connectivity index (χ0n) is 10.0. The van der Waals surface area contributed by atoms with Gasteiger partial charge in [-0.05, 0) is 19.1 Å². The molecular formula is C11H16F3N3O. The molecule has 18 heavy (non-hydrogen) atoms. The zero-order chi connectivity index (χ0) is 13.4. The molecule has 1 heterocycles. The van der Waals surface area contributed by atoms with Gasteiger partial charge in [-0.15, -0.1) is 0 Å². The highest BCUT2D eigenvalue weighted by Crippen LogP contribution is 2.14. The quantitative estimate of drug-likeness (QED) is 0.742. The molecule has 0 saturated heterocycles. The first-order valence-electron chi connectivity index (χ1n) is 5.60. The Hall–Kier alpha value is -1.50. The van der Waals surface area contributed by atoms with Crippen LogP contribution in [0.4, 0.5) is 24.8 Å². The normalized spacial score (nSPS) is 11.3. The van der Waals surface area contributed by atoms with E-state index in [0.29, 0.717) is 5.82 Å². The molecule has 0 saturated carbocycles. The molecule has 7 heteroatoms. The van der Waals surface area contributed by atoms with Gasteiger partial charge in [0.15, 0.2) is 0 Å². The number of aromatic nitrogens is 1. The Labute approximate surface area is 104 Å².